The molecule has 3 atom stereocenters. The van der Waals surface area contributed by atoms with E-state index in [4.69, 9.17) is 11.6 Å². The van der Waals surface area contributed by atoms with Crippen LogP contribution in [-0.4, -0.2) is 41.9 Å². The number of halogens is 1. The molecule has 1 saturated heterocycles. The summed E-state index contributed by atoms with van der Waals surface area (Å²) in [6, 6.07) is 4.77. The SMILES string of the molecule is O=C(C[C@@H]1C[C@@H]2CC[C@@H]1C2)N1CCN(c2ccc(Cl)cc2[N+](=O)[O-])CC1. The van der Waals surface area contributed by atoms with Crippen LogP contribution in [0.3, 0.4) is 0 Å². The zero-order valence-electron chi connectivity index (χ0n) is 14.8. The number of carbonyl (C=O) groups excluding carboxylic acids is 1. The zero-order valence-corrected chi connectivity index (χ0v) is 15.5. The summed E-state index contributed by atoms with van der Waals surface area (Å²) in [5.74, 6) is 2.46. The first-order chi connectivity index (χ1) is 12.5. The van der Waals surface area contributed by atoms with Gasteiger partial charge in [0.15, 0.2) is 0 Å². The van der Waals surface area contributed by atoms with Gasteiger partial charge in [-0.3, -0.25) is 14.9 Å². The Morgan fingerprint density at radius 3 is 2.58 bits per heavy atom. The standard InChI is InChI=1S/C19H24ClN3O3/c20-16-3-4-17(18(12-16)23(25)26)21-5-7-22(8-6-21)19(24)11-15-10-13-1-2-14(15)9-13/h3-4,12-15H,1-2,5-11H2/t13-,14-,15+/m1/s1. The van der Waals surface area contributed by atoms with Gasteiger partial charge in [-0.1, -0.05) is 18.0 Å². The summed E-state index contributed by atoms with van der Waals surface area (Å²) in [4.78, 5) is 27.5. The number of nitro groups is 1. The van der Waals surface area contributed by atoms with Gasteiger partial charge < -0.3 is 9.80 Å². The van der Waals surface area contributed by atoms with Crippen molar-refractivity contribution in [3.8, 4) is 0 Å². The molecule has 140 valence electrons. The Morgan fingerprint density at radius 1 is 1.19 bits per heavy atom. The lowest BCUT2D eigenvalue weighted by molar-refractivity contribution is -0.384. The summed E-state index contributed by atoms with van der Waals surface area (Å²) < 4.78 is 0. The van der Waals surface area contributed by atoms with E-state index in [1.165, 1.54) is 31.7 Å². The molecule has 2 bridgehead atoms. The van der Waals surface area contributed by atoms with Gasteiger partial charge >= 0.3 is 0 Å². The highest BCUT2D eigenvalue weighted by Gasteiger charge is 2.40. The molecule has 26 heavy (non-hydrogen) atoms. The smallest absolute Gasteiger partial charge is 0.294 e. The molecule has 1 aromatic carbocycles. The van der Waals surface area contributed by atoms with Crippen molar-refractivity contribution in [3.63, 3.8) is 0 Å². The summed E-state index contributed by atoms with van der Waals surface area (Å²) in [7, 11) is 0. The minimum Gasteiger partial charge on any atom is -0.362 e. The van der Waals surface area contributed by atoms with E-state index >= 15 is 0 Å². The number of hydrogen-bond donors (Lipinski definition) is 0. The Bertz CT molecular complexity index is 718. The number of hydrogen-bond acceptors (Lipinski definition) is 4. The predicted molar refractivity (Wildman–Crippen MR) is 100 cm³/mol. The molecule has 1 aliphatic heterocycles. The Balaban J connectivity index is 1.35. The van der Waals surface area contributed by atoms with Gasteiger partial charge in [-0.05, 0) is 49.1 Å². The molecule has 0 unspecified atom stereocenters. The highest BCUT2D eigenvalue weighted by Crippen LogP contribution is 2.49. The van der Waals surface area contributed by atoms with E-state index in [1.807, 2.05) is 9.80 Å². The Labute approximate surface area is 158 Å². The summed E-state index contributed by atoms with van der Waals surface area (Å²) in [5.41, 5.74) is 0.610. The number of benzene rings is 1. The quantitative estimate of drug-likeness (QED) is 0.592. The van der Waals surface area contributed by atoms with Crippen LogP contribution in [0.2, 0.25) is 5.02 Å². The fourth-order valence-electron chi connectivity index (χ4n) is 5.09. The fraction of sp³-hybridized carbons (Fsp3) is 0.632. The molecule has 4 rings (SSSR count). The summed E-state index contributed by atoms with van der Waals surface area (Å²) in [6.45, 7) is 2.48. The van der Waals surface area contributed by atoms with E-state index in [0.29, 0.717) is 49.2 Å². The molecular formula is C19H24ClN3O3. The number of carbonyl (C=O) groups is 1. The minimum atomic E-state index is -0.395. The number of nitrogens with zero attached hydrogens (tertiary/aromatic N) is 3. The maximum Gasteiger partial charge on any atom is 0.294 e. The Morgan fingerprint density at radius 2 is 1.96 bits per heavy atom. The van der Waals surface area contributed by atoms with Gasteiger partial charge in [0.25, 0.3) is 5.69 Å². The van der Waals surface area contributed by atoms with Crippen LogP contribution in [0, 0.1) is 27.9 Å². The largest absolute Gasteiger partial charge is 0.362 e. The van der Waals surface area contributed by atoms with Gasteiger partial charge in [0.05, 0.1) is 4.92 Å². The molecule has 3 fully saturated rings. The van der Waals surface area contributed by atoms with Crippen LogP contribution in [0.25, 0.3) is 0 Å². The van der Waals surface area contributed by atoms with E-state index in [1.54, 1.807) is 12.1 Å². The van der Waals surface area contributed by atoms with Crippen molar-refractivity contribution in [1.82, 2.24) is 4.90 Å². The van der Waals surface area contributed by atoms with Gasteiger partial charge in [-0.15, -0.1) is 0 Å². The Hall–Kier alpha value is -1.82. The van der Waals surface area contributed by atoms with E-state index in [2.05, 4.69) is 0 Å². The van der Waals surface area contributed by atoms with Crippen LogP contribution in [0.1, 0.15) is 32.1 Å². The molecule has 0 radical (unpaired) electrons. The first-order valence-corrected chi connectivity index (χ1v) is 9.85. The third-order valence-corrected chi connectivity index (χ3v) is 6.66. The predicted octanol–water partition coefficient (Wildman–Crippen LogP) is 3.72. The molecule has 3 aliphatic rings. The lowest BCUT2D eigenvalue weighted by atomic mass is 9.86. The zero-order chi connectivity index (χ0) is 18.3. The van der Waals surface area contributed by atoms with Crippen molar-refractivity contribution < 1.29 is 9.72 Å². The first-order valence-electron chi connectivity index (χ1n) is 9.48. The van der Waals surface area contributed by atoms with E-state index in [9.17, 15) is 14.9 Å². The number of anilines is 1. The van der Waals surface area contributed by atoms with Gasteiger partial charge in [0.2, 0.25) is 5.91 Å². The third kappa shape index (κ3) is 3.39. The number of nitro benzene ring substituents is 1. The molecule has 2 aliphatic carbocycles. The first kappa shape index (κ1) is 17.6. The maximum atomic E-state index is 12.7. The van der Waals surface area contributed by atoms with Gasteiger partial charge in [-0.2, -0.15) is 0 Å². The lowest BCUT2D eigenvalue weighted by Crippen LogP contribution is -2.49. The molecule has 0 aromatic heterocycles. The number of fused-ring (bicyclic) bond motifs is 2. The molecule has 6 nitrogen and oxygen atoms in total. The Kier molecular flexibility index (Phi) is 4.78. The number of amides is 1. The van der Waals surface area contributed by atoms with E-state index < -0.39 is 4.92 Å². The topological polar surface area (TPSA) is 66.7 Å². The molecule has 0 N–H and O–H groups in total. The normalized spacial score (nSPS) is 27.8. The second kappa shape index (κ2) is 7.06. The molecule has 1 amide bonds. The van der Waals surface area contributed by atoms with Crippen LogP contribution in [0.5, 0.6) is 0 Å². The van der Waals surface area contributed by atoms with Crippen LogP contribution in [-0.2, 0) is 4.79 Å². The number of rotatable bonds is 4. The molecular weight excluding hydrogens is 354 g/mol. The van der Waals surface area contributed by atoms with Crippen molar-refractivity contribution in [2.75, 3.05) is 31.1 Å². The van der Waals surface area contributed by atoms with Crippen LogP contribution in [0.15, 0.2) is 18.2 Å². The lowest BCUT2D eigenvalue weighted by Gasteiger charge is -2.36. The average molecular weight is 378 g/mol. The van der Waals surface area contributed by atoms with E-state index in [-0.39, 0.29) is 11.6 Å². The molecule has 2 saturated carbocycles. The molecule has 0 spiro atoms. The fourth-order valence-corrected chi connectivity index (χ4v) is 5.25. The monoisotopic (exact) mass is 377 g/mol. The molecule has 7 heteroatoms. The average Bonchev–Trinajstić information content (AvgIpc) is 3.25. The summed E-state index contributed by atoms with van der Waals surface area (Å²) in [5, 5.41) is 11.7. The van der Waals surface area contributed by atoms with Crippen molar-refractivity contribution in [3.05, 3.63) is 33.3 Å². The maximum absolute atomic E-state index is 12.7. The minimum absolute atomic E-state index is 0.0271. The van der Waals surface area contributed by atoms with Crippen LogP contribution < -0.4 is 4.90 Å². The molecule has 1 heterocycles. The van der Waals surface area contributed by atoms with Crippen LogP contribution >= 0.6 is 11.6 Å². The van der Waals surface area contributed by atoms with E-state index in [0.717, 1.165) is 11.8 Å². The van der Waals surface area contributed by atoms with Crippen molar-refractivity contribution in [2.24, 2.45) is 17.8 Å². The second-order valence-electron chi connectivity index (χ2n) is 7.90. The van der Waals surface area contributed by atoms with Crippen molar-refractivity contribution in [2.45, 2.75) is 32.1 Å². The third-order valence-electron chi connectivity index (χ3n) is 6.43. The van der Waals surface area contributed by atoms with Crippen molar-refractivity contribution >= 4 is 28.9 Å². The second-order valence-corrected chi connectivity index (χ2v) is 8.33. The summed E-state index contributed by atoms with van der Waals surface area (Å²) in [6.07, 6.45) is 5.89. The van der Waals surface area contributed by atoms with Gasteiger partial charge in [0.1, 0.15) is 5.69 Å². The molecule has 1 aromatic rings. The van der Waals surface area contributed by atoms with Crippen molar-refractivity contribution in [1.29, 1.82) is 0 Å². The number of piperazine rings is 1. The summed E-state index contributed by atoms with van der Waals surface area (Å²) >= 11 is 5.90. The van der Waals surface area contributed by atoms with Crippen LogP contribution in [0.4, 0.5) is 11.4 Å². The highest BCUT2D eigenvalue weighted by atomic mass is 35.5. The van der Waals surface area contributed by atoms with Gasteiger partial charge in [0, 0.05) is 43.7 Å². The highest BCUT2D eigenvalue weighted by molar-refractivity contribution is 6.30. The van der Waals surface area contributed by atoms with Gasteiger partial charge in [-0.25, -0.2) is 0 Å².